The third-order valence-corrected chi connectivity index (χ3v) is 5.77. The average molecular weight is 455 g/mol. The van der Waals surface area contributed by atoms with E-state index in [4.69, 9.17) is 11.5 Å². The second kappa shape index (κ2) is 9.58. The number of rotatable bonds is 6. The van der Waals surface area contributed by atoms with E-state index in [1.165, 1.54) is 18.2 Å². The summed E-state index contributed by atoms with van der Waals surface area (Å²) in [6.45, 7) is 0.547. The smallest absolute Gasteiger partial charge is 0.187 e. The molecule has 0 spiro atoms. The lowest BCUT2D eigenvalue weighted by Crippen LogP contribution is -2.48. The molecule has 0 bridgehead atoms. The number of aromatic nitrogens is 2. The first kappa shape index (κ1) is 22.7. The number of hydrogen-bond acceptors (Lipinski definition) is 6. The Bertz CT molecular complexity index is 1150. The van der Waals surface area contributed by atoms with Gasteiger partial charge < -0.3 is 16.4 Å². The number of nitrogens with two attached hydrogens (primary N) is 2. The van der Waals surface area contributed by atoms with Crippen molar-refractivity contribution in [2.24, 2.45) is 11.7 Å². The summed E-state index contributed by atoms with van der Waals surface area (Å²) in [6.07, 6.45) is 3.68. The Morgan fingerprint density at radius 3 is 2.61 bits per heavy atom. The highest BCUT2D eigenvalue weighted by atomic mass is 19.1. The molecule has 2 aromatic heterocycles. The molecule has 6 nitrogen and oxygen atoms in total. The Kier molecular flexibility index (Phi) is 6.60. The molecule has 2 atom stereocenters. The predicted molar refractivity (Wildman–Crippen MR) is 121 cm³/mol. The molecular formula is C24H24F3N5O. The van der Waals surface area contributed by atoms with Crippen LogP contribution >= 0.6 is 0 Å². The summed E-state index contributed by atoms with van der Waals surface area (Å²) in [5.41, 5.74) is 13.1. The van der Waals surface area contributed by atoms with Gasteiger partial charge in [-0.25, -0.2) is 13.8 Å². The van der Waals surface area contributed by atoms with E-state index in [2.05, 4.69) is 9.97 Å². The molecule has 1 saturated heterocycles. The van der Waals surface area contributed by atoms with E-state index in [0.717, 1.165) is 17.8 Å². The molecule has 3 heterocycles. The Labute approximate surface area is 189 Å². The maximum Gasteiger partial charge on any atom is 0.187 e. The summed E-state index contributed by atoms with van der Waals surface area (Å²) in [7, 11) is 0. The van der Waals surface area contributed by atoms with Crippen LogP contribution in [-0.4, -0.2) is 41.6 Å². The number of alkyl halides is 1. The molecule has 172 valence electrons. The van der Waals surface area contributed by atoms with Crippen molar-refractivity contribution in [1.29, 1.82) is 0 Å². The van der Waals surface area contributed by atoms with E-state index < -0.39 is 24.1 Å². The van der Waals surface area contributed by atoms with Crippen LogP contribution in [0.3, 0.4) is 0 Å². The van der Waals surface area contributed by atoms with Crippen molar-refractivity contribution in [2.75, 3.05) is 30.4 Å². The standard InChI is InChI=1S/C24H24F3N5O/c25-10-14-8-16(28)13-32(12-14)21-6-7-30-11-15(21)9-22(33)24-19(29)4-5-20(31-24)23-17(26)2-1-3-18(23)27/h1-7,11,14,16H,8-10,12-13,28-29H2. The second-order valence-electron chi connectivity index (χ2n) is 8.26. The highest BCUT2D eigenvalue weighted by molar-refractivity contribution is 6.01. The first-order valence-corrected chi connectivity index (χ1v) is 10.6. The number of anilines is 2. The topological polar surface area (TPSA) is 98.1 Å². The molecule has 3 aromatic rings. The number of ketones is 1. The molecule has 9 heteroatoms. The van der Waals surface area contributed by atoms with E-state index in [1.807, 2.05) is 4.90 Å². The van der Waals surface area contributed by atoms with Gasteiger partial charge in [-0.2, -0.15) is 0 Å². The van der Waals surface area contributed by atoms with Gasteiger partial charge in [-0.1, -0.05) is 6.07 Å². The average Bonchev–Trinajstić information content (AvgIpc) is 2.79. The molecular weight excluding hydrogens is 431 g/mol. The van der Waals surface area contributed by atoms with Crippen molar-refractivity contribution in [2.45, 2.75) is 18.9 Å². The predicted octanol–water partition coefficient (Wildman–Crippen LogP) is 3.55. The van der Waals surface area contributed by atoms with Crippen molar-refractivity contribution < 1.29 is 18.0 Å². The number of hydrogen-bond donors (Lipinski definition) is 2. The summed E-state index contributed by atoms with van der Waals surface area (Å²) in [5, 5.41) is 0. The zero-order chi connectivity index (χ0) is 23.5. The number of carbonyl (C=O) groups excluding carboxylic acids is 1. The van der Waals surface area contributed by atoms with Crippen molar-refractivity contribution in [1.82, 2.24) is 9.97 Å². The number of halogens is 3. The lowest BCUT2D eigenvalue weighted by atomic mass is 9.94. The second-order valence-corrected chi connectivity index (χ2v) is 8.26. The maximum atomic E-state index is 14.2. The molecule has 4 N–H and O–H groups in total. The number of piperidine rings is 1. The van der Waals surface area contributed by atoms with Crippen LogP contribution < -0.4 is 16.4 Å². The van der Waals surface area contributed by atoms with E-state index in [9.17, 15) is 18.0 Å². The minimum Gasteiger partial charge on any atom is -0.397 e. The van der Waals surface area contributed by atoms with E-state index in [1.54, 1.807) is 18.5 Å². The molecule has 1 aromatic carbocycles. The summed E-state index contributed by atoms with van der Waals surface area (Å²) in [6, 6.07) is 7.85. The quantitative estimate of drug-likeness (QED) is 0.552. The molecule has 0 aliphatic carbocycles. The van der Waals surface area contributed by atoms with Crippen LogP contribution in [0.2, 0.25) is 0 Å². The summed E-state index contributed by atoms with van der Waals surface area (Å²) in [5.74, 6) is -2.19. The van der Waals surface area contributed by atoms with Crippen LogP contribution in [0.15, 0.2) is 48.8 Å². The van der Waals surface area contributed by atoms with Gasteiger partial charge in [-0.3, -0.25) is 14.2 Å². The number of Topliss-reactive ketones (excluding diaryl/α,β-unsaturated/α-hetero) is 1. The highest BCUT2D eigenvalue weighted by Gasteiger charge is 2.27. The summed E-state index contributed by atoms with van der Waals surface area (Å²) in [4.78, 5) is 23.4. The first-order chi connectivity index (χ1) is 15.9. The summed E-state index contributed by atoms with van der Waals surface area (Å²) >= 11 is 0. The number of nitrogens with zero attached hydrogens (tertiary/aromatic N) is 3. The minimum atomic E-state index is -0.788. The number of benzene rings is 1. The monoisotopic (exact) mass is 455 g/mol. The molecule has 1 aliphatic rings. The molecule has 33 heavy (non-hydrogen) atoms. The fourth-order valence-electron chi connectivity index (χ4n) is 4.25. The molecule has 1 fully saturated rings. The van der Waals surface area contributed by atoms with Crippen LogP contribution in [0.1, 0.15) is 22.5 Å². The van der Waals surface area contributed by atoms with Crippen LogP contribution in [0.5, 0.6) is 0 Å². The van der Waals surface area contributed by atoms with Gasteiger partial charge >= 0.3 is 0 Å². The van der Waals surface area contributed by atoms with Gasteiger partial charge in [0.25, 0.3) is 0 Å². The normalized spacial score (nSPS) is 18.4. The molecule has 0 amide bonds. The van der Waals surface area contributed by atoms with E-state index >= 15 is 0 Å². The summed E-state index contributed by atoms with van der Waals surface area (Å²) < 4.78 is 41.8. The Hall–Kier alpha value is -3.46. The van der Waals surface area contributed by atoms with Crippen molar-refractivity contribution in [3.63, 3.8) is 0 Å². The maximum absolute atomic E-state index is 14.2. The minimum absolute atomic E-state index is 0.0256. The SMILES string of the molecule is Nc1ccc(-c2c(F)cccc2F)nc1C(=O)Cc1cnccc1N1CC(N)CC(CF)C1. The van der Waals surface area contributed by atoms with Crippen LogP contribution in [-0.2, 0) is 6.42 Å². The largest absolute Gasteiger partial charge is 0.397 e. The van der Waals surface area contributed by atoms with Gasteiger partial charge in [0.15, 0.2) is 5.78 Å². The molecule has 0 saturated carbocycles. The van der Waals surface area contributed by atoms with Gasteiger partial charge in [-0.15, -0.1) is 0 Å². The Morgan fingerprint density at radius 1 is 1.12 bits per heavy atom. The fourth-order valence-corrected chi connectivity index (χ4v) is 4.25. The van der Waals surface area contributed by atoms with Crippen LogP contribution in [0.25, 0.3) is 11.3 Å². The Balaban J connectivity index is 1.64. The Morgan fingerprint density at radius 2 is 1.88 bits per heavy atom. The zero-order valence-corrected chi connectivity index (χ0v) is 17.8. The van der Waals surface area contributed by atoms with Gasteiger partial charge in [0.1, 0.15) is 17.3 Å². The third kappa shape index (κ3) is 4.83. The van der Waals surface area contributed by atoms with Gasteiger partial charge in [0.05, 0.1) is 23.6 Å². The molecule has 0 radical (unpaired) electrons. The number of pyridine rings is 2. The molecule has 1 aliphatic heterocycles. The van der Waals surface area contributed by atoms with Crippen LogP contribution in [0.4, 0.5) is 24.5 Å². The van der Waals surface area contributed by atoms with Gasteiger partial charge in [0.2, 0.25) is 0 Å². The van der Waals surface area contributed by atoms with Crippen molar-refractivity contribution >= 4 is 17.2 Å². The van der Waals surface area contributed by atoms with Crippen molar-refractivity contribution in [3.05, 3.63) is 71.7 Å². The fraction of sp³-hybridized carbons (Fsp3) is 0.292. The third-order valence-electron chi connectivity index (χ3n) is 5.77. The molecule has 4 rings (SSSR count). The lowest BCUT2D eigenvalue weighted by Gasteiger charge is -2.37. The van der Waals surface area contributed by atoms with E-state index in [-0.39, 0.29) is 41.0 Å². The zero-order valence-electron chi connectivity index (χ0n) is 17.8. The molecule has 2 unspecified atom stereocenters. The van der Waals surface area contributed by atoms with Crippen molar-refractivity contribution in [3.8, 4) is 11.3 Å². The first-order valence-electron chi connectivity index (χ1n) is 10.6. The number of carbonyl (C=O) groups is 1. The number of nitrogen functional groups attached to an aromatic ring is 1. The van der Waals surface area contributed by atoms with Gasteiger partial charge in [-0.05, 0) is 36.8 Å². The lowest BCUT2D eigenvalue weighted by molar-refractivity contribution is 0.0989. The van der Waals surface area contributed by atoms with Crippen LogP contribution in [0, 0.1) is 17.6 Å². The highest BCUT2D eigenvalue weighted by Crippen LogP contribution is 2.29. The van der Waals surface area contributed by atoms with E-state index in [0.29, 0.717) is 25.1 Å². The van der Waals surface area contributed by atoms with Gasteiger partial charge in [0, 0.05) is 55.1 Å².